The van der Waals surface area contributed by atoms with Gasteiger partial charge in [0.1, 0.15) is 0 Å². The van der Waals surface area contributed by atoms with Crippen molar-refractivity contribution >= 4 is 27.3 Å². The number of hydrogen-bond donors (Lipinski definition) is 1. The van der Waals surface area contributed by atoms with Gasteiger partial charge in [0.05, 0.1) is 9.40 Å². The van der Waals surface area contributed by atoms with Crippen LogP contribution in [0.3, 0.4) is 0 Å². The largest absolute Gasteiger partial charge is 0.382 e. The van der Waals surface area contributed by atoms with E-state index < -0.39 is 0 Å². The van der Waals surface area contributed by atoms with Crippen LogP contribution >= 0.6 is 15.9 Å². The van der Waals surface area contributed by atoms with Crippen LogP contribution in [0.1, 0.15) is 26.7 Å². The van der Waals surface area contributed by atoms with E-state index >= 15 is 0 Å². The summed E-state index contributed by atoms with van der Waals surface area (Å²) in [7, 11) is 0. The Hall–Kier alpha value is -1.14. The highest BCUT2D eigenvalue weighted by molar-refractivity contribution is 9.10. The molecular weight excluding hydrogens is 322 g/mol. The molecule has 6 heteroatoms. The standard InChI is InChI=1S/C14H20BrN3O2/c1-10(2)17-7-5-11(6-8-17)16-12-3-4-13(15)14(9-12)18(19)20/h3-4,9-11,16H,5-8H2,1-2H3. The molecule has 110 valence electrons. The first-order valence-electron chi connectivity index (χ1n) is 6.92. The molecule has 20 heavy (non-hydrogen) atoms. The van der Waals surface area contributed by atoms with Gasteiger partial charge in [0.25, 0.3) is 5.69 Å². The van der Waals surface area contributed by atoms with Crippen LogP contribution in [-0.4, -0.2) is 35.0 Å². The zero-order valence-corrected chi connectivity index (χ0v) is 13.4. The maximum Gasteiger partial charge on any atom is 0.285 e. The number of nitro groups is 1. The molecule has 1 fully saturated rings. The summed E-state index contributed by atoms with van der Waals surface area (Å²) in [5, 5.41) is 14.3. The van der Waals surface area contributed by atoms with Crippen molar-refractivity contribution < 1.29 is 4.92 Å². The molecule has 0 saturated carbocycles. The first-order valence-corrected chi connectivity index (χ1v) is 7.71. The van der Waals surface area contributed by atoms with Gasteiger partial charge >= 0.3 is 0 Å². The van der Waals surface area contributed by atoms with Gasteiger partial charge in [0.15, 0.2) is 0 Å². The van der Waals surface area contributed by atoms with Crippen LogP contribution in [0.25, 0.3) is 0 Å². The van der Waals surface area contributed by atoms with Crippen LogP contribution in [0.4, 0.5) is 11.4 Å². The second-order valence-electron chi connectivity index (χ2n) is 5.47. The van der Waals surface area contributed by atoms with E-state index in [1.807, 2.05) is 6.07 Å². The number of likely N-dealkylation sites (tertiary alicyclic amines) is 1. The number of nitro benzene ring substituents is 1. The van der Waals surface area contributed by atoms with E-state index in [0.717, 1.165) is 31.6 Å². The summed E-state index contributed by atoms with van der Waals surface area (Å²) in [5.41, 5.74) is 0.928. The van der Waals surface area contributed by atoms with E-state index in [4.69, 9.17) is 0 Å². The van der Waals surface area contributed by atoms with Gasteiger partial charge in [-0.05, 0) is 54.8 Å². The van der Waals surface area contributed by atoms with E-state index in [1.54, 1.807) is 12.1 Å². The predicted molar refractivity (Wildman–Crippen MR) is 84.2 cm³/mol. The maximum atomic E-state index is 10.9. The monoisotopic (exact) mass is 341 g/mol. The average molecular weight is 342 g/mol. The van der Waals surface area contributed by atoms with Gasteiger partial charge in [0.2, 0.25) is 0 Å². The van der Waals surface area contributed by atoms with Gasteiger partial charge in [-0.1, -0.05) is 0 Å². The number of nitrogens with zero attached hydrogens (tertiary/aromatic N) is 2. The normalized spacial score (nSPS) is 17.4. The van der Waals surface area contributed by atoms with Crippen molar-refractivity contribution in [1.82, 2.24) is 4.90 Å². The average Bonchev–Trinajstić information content (AvgIpc) is 2.41. The topological polar surface area (TPSA) is 58.4 Å². The SMILES string of the molecule is CC(C)N1CCC(Nc2ccc(Br)c([N+](=O)[O-])c2)CC1. The van der Waals surface area contributed by atoms with Crippen LogP contribution in [0, 0.1) is 10.1 Å². The Bertz CT molecular complexity index is 485. The highest BCUT2D eigenvalue weighted by Gasteiger charge is 2.21. The van der Waals surface area contributed by atoms with Crippen molar-refractivity contribution in [3.05, 3.63) is 32.8 Å². The lowest BCUT2D eigenvalue weighted by Gasteiger charge is -2.35. The van der Waals surface area contributed by atoms with E-state index in [2.05, 4.69) is 40.0 Å². The Morgan fingerprint density at radius 1 is 1.40 bits per heavy atom. The van der Waals surface area contributed by atoms with Gasteiger partial charge in [-0.15, -0.1) is 0 Å². The van der Waals surface area contributed by atoms with Crippen LogP contribution in [0.2, 0.25) is 0 Å². The molecule has 0 aliphatic carbocycles. The molecule has 1 aliphatic heterocycles. The second kappa shape index (κ2) is 6.54. The van der Waals surface area contributed by atoms with Crippen LogP contribution in [0.5, 0.6) is 0 Å². The maximum absolute atomic E-state index is 10.9. The summed E-state index contributed by atoms with van der Waals surface area (Å²) in [6.07, 6.45) is 2.14. The second-order valence-corrected chi connectivity index (χ2v) is 6.33. The number of anilines is 1. The smallest absolute Gasteiger partial charge is 0.285 e. The molecular formula is C14H20BrN3O2. The summed E-state index contributed by atoms with van der Waals surface area (Å²) in [5.74, 6) is 0. The Kier molecular flexibility index (Phi) is 4.99. The number of halogens is 1. The number of hydrogen-bond acceptors (Lipinski definition) is 4. The van der Waals surface area contributed by atoms with Gasteiger partial charge in [0, 0.05) is 36.9 Å². The Morgan fingerprint density at radius 3 is 2.60 bits per heavy atom. The van der Waals surface area contributed by atoms with Gasteiger partial charge in [-0.25, -0.2) is 0 Å². The van der Waals surface area contributed by atoms with Crippen molar-refractivity contribution in [3.63, 3.8) is 0 Å². The van der Waals surface area contributed by atoms with Gasteiger partial charge in [-0.3, -0.25) is 10.1 Å². The highest BCUT2D eigenvalue weighted by Crippen LogP contribution is 2.29. The van der Waals surface area contributed by atoms with E-state index in [0.29, 0.717) is 16.6 Å². The van der Waals surface area contributed by atoms with Crippen molar-refractivity contribution in [1.29, 1.82) is 0 Å². The van der Waals surface area contributed by atoms with Gasteiger partial charge in [-0.2, -0.15) is 0 Å². The molecule has 5 nitrogen and oxygen atoms in total. The van der Waals surface area contributed by atoms with Crippen molar-refractivity contribution in [2.75, 3.05) is 18.4 Å². The zero-order valence-electron chi connectivity index (χ0n) is 11.8. The zero-order chi connectivity index (χ0) is 14.7. The number of benzene rings is 1. The third kappa shape index (κ3) is 3.70. The van der Waals surface area contributed by atoms with Gasteiger partial charge < -0.3 is 10.2 Å². The molecule has 1 N–H and O–H groups in total. The summed E-state index contributed by atoms with van der Waals surface area (Å²) in [6.45, 7) is 6.58. The summed E-state index contributed by atoms with van der Waals surface area (Å²) in [6, 6.07) is 6.18. The lowest BCUT2D eigenvalue weighted by Crippen LogP contribution is -2.42. The number of piperidine rings is 1. The molecule has 0 aromatic heterocycles. The molecule has 0 radical (unpaired) electrons. The fraction of sp³-hybridized carbons (Fsp3) is 0.571. The van der Waals surface area contributed by atoms with Crippen molar-refractivity contribution in [2.24, 2.45) is 0 Å². The number of rotatable bonds is 4. The minimum absolute atomic E-state index is 0.106. The van der Waals surface area contributed by atoms with Crippen molar-refractivity contribution in [3.8, 4) is 0 Å². The summed E-state index contributed by atoms with van der Waals surface area (Å²) < 4.78 is 0.516. The molecule has 0 atom stereocenters. The quantitative estimate of drug-likeness (QED) is 0.670. The molecule has 0 bridgehead atoms. The molecule has 0 amide bonds. The van der Waals surface area contributed by atoms with E-state index in [-0.39, 0.29) is 10.6 Å². The molecule has 0 unspecified atom stereocenters. The molecule has 0 spiro atoms. The molecule has 1 aromatic carbocycles. The molecule has 1 aliphatic rings. The van der Waals surface area contributed by atoms with Crippen LogP contribution in [-0.2, 0) is 0 Å². The predicted octanol–water partition coefficient (Wildman–Crippen LogP) is 3.64. The Balaban J connectivity index is 1.98. The first kappa shape index (κ1) is 15.3. The minimum Gasteiger partial charge on any atom is -0.382 e. The lowest BCUT2D eigenvalue weighted by atomic mass is 10.0. The van der Waals surface area contributed by atoms with E-state index in [1.165, 1.54) is 0 Å². The Labute approximate surface area is 127 Å². The van der Waals surface area contributed by atoms with Crippen LogP contribution < -0.4 is 5.32 Å². The lowest BCUT2D eigenvalue weighted by molar-refractivity contribution is -0.385. The minimum atomic E-state index is -0.364. The fourth-order valence-electron chi connectivity index (χ4n) is 2.54. The molecule has 2 rings (SSSR count). The van der Waals surface area contributed by atoms with Crippen molar-refractivity contribution in [2.45, 2.75) is 38.8 Å². The highest BCUT2D eigenvalue weighted by atomic mass is 79.9. The van der Waals surface area contributed by atoms with E-state index in [9.17, 15) is 10.1 Å². The molecule has 1 saturated heterocycles. The third-order valence-corrected chi connectivity index (χ3v) is 4.44. The van der Waals surface area contributed by atoms with Crippen LogP contribution in [0.15, 0.2) is 22.7 Å². The summed E-state index contributed by atoms with van der Waals surface area (Å²) >= 11 is 3.20. The third-order valence-electron chi connectivity index (χ3n) is 3.77. The fourth-order valence-corrected chi connectivity index (χ4v) is 2.93. The first-order chi connectivity index (χ1) is 9.47. The summed E-state index contributed by atoms with van der Waals surface area (Å²) in [4.78, 5) is 13.0. The molecule has 1 aromatic rings. The molecule has 1 heterocycles. The number of nitrogens with one attached hydrogen (secondary N) is 1. The Morgan fingerprint density at radius 2 is 2.05 bits per heavy atom.